The van der Waals surface area contributed by atoms with Gasteiger partial charge in [-0.25, -0.2) is 0 Å². The first-order valence-electron chi connectivity index (χ1n) is 7.10. The Bertz CT molecular complexity index is 582. The molecule has 2 aromatic rings. The summed E-state index contributed by atoms with van der Waals surface area (Å²) >= 11 is 0. The molecule has 3 rings (SSSR count). The molecule has 1 aliphatic carbocycles. The molecule has 0 aliphatic heterocycles. The Morgan fingerprint density at radius 2 is 2.20 bits per heavy atom. The van der Waals surface area contributed by atoms with Gasteiger partial charge in [-0.1, -0.05) is 18.2 Å². The zero-order valence-electron chi connectivity index (χ0n) is 11.6. The van der Waals surface area contributed by atoms with Crippen LogP contribution in [0.2, 0.25) is 0 Å². The summed E-state index contributed by atoms with van der Waals surface area (Å²) < 4.78 is 5.77. The second-order valence-electron chi connectivity index (χ2n) is 5.39. The van der Waals surface area contributed by atoms with Gasteiger partial charge in [0, 0.05) is 18.0 Å². The van der Waals surface area contributed by atoms with Crippen molar-refractivity contribution in [2.45, 2.75) is 31.7 Å². The molecule has 1 N–H and O–H groups in total. The second kappa shape index (κ2) is 5.29. The monoisotopic (exact) mass is 273 g/mol. The van der Waals surface area contributed by atoms with Gasteiger partial charge in [0.1, 0.15) is 11.3 Å². The summed E-state index contributed by atoms with van der Waals surface area (Å²) in [5, 5.41) is 10.1. The molecule has 1 aromatic carbocycles. The van der Waals surface area contributed by atoms with Crippen molar-refractivity contribution in [2.24, 2.45) is 0 Å². The molecule has 1 saturated carbocycles. The van der Waals surface area contributed by atoms with E-state index in [0.29, 0.717) is 18.3 Å². The molecule has 1 aliphatic rings. The smallest absolute Gasteiger partial charge is 0.233 e. The van der Waals surface area contributed by atoms with E-state index in [1.165, 1.54) is 0 Å². The number of hydrogen-bond donors (Lipinski definition) is 1. The van der Waals surface area contributed by atoms with Crippen LogP contribution in [0.1, 0.15) is 31.4 Å². The number of hydrogen-bond acceptors (Lipinski definition) is 3. The minimum Gasteiger partial charge on any atom is -0.460 e. The van der Waals surface area contributed by atoms with Gasteiger partial charge < -0.3 is 14.4 Å². The van der Waals surface area contributed by atoms with Crippen LogP contribution in [-0.4, -0.2) is 35.1 Å². The van der Waals surface area contributed by atoms with Gasteiger partial charge >= 0.3 is 0 Å². The third-order valence-corrected chi connectivity index (χ3v) is 3.85. The molecule has 1 fully saturated rings. The molecule has 0 saturated heterocycles. The number of nitrogens with zero attached hydrogens (tertiary/aromatic N) is 1. The highest BCUT2D eigenvalue weighted by Gasteiger charge is 2.35. The summed E-state index contributed by atoms with van der Waals surface area (Å²) in [6, 6.07) is 10.00. The topological polar surface area (TPSA) is 53.7 Å². The zero-order valence-corrected chi connectivity index (χ0v) is 11.6. The van der Waals surface area contributed by atoms with Crippen LogP contribution >= 0.6 is 0 Å². The summed E-state index contributed by atoms with van der Waals surface area (Å²) in [5.41, 5.74) is 0.808. The highest BCUT2D eigenvalue weighted by atomic mass is 16.3. The molecule has 1 amide bonds. The highest BCUT2D eigenvalue weighted by molar-refractivity contribution is 5.86. The van der Waals surface area contributed by atoms with Crippen molar-refractivity contribution >= 4 is 16.9 Å². The molecular weight excluding hydrogens is 254 g/mol. The zero-order chi connectivity index (χ0) is 14.1. The summed E-state index contributed by atoms with van der Waals surface area (Å²) in [7, 11) is 0. The number of amides is 1. The Balaban J connectivity index is 1.82. The standard InChI is InChI=1S/C16H19NO3/c1-11(16(19)17(8-9-18)13-6-7-13)15-10-12-4-2-3-5-14(12)20-15/h2-5,10-11,13,18H,6-9H2,1H3. The third-order valence-electron chi connectivity index (χ3n) is 3.85. The molecule has 1 aromatic heterocycles. The molecule has 1 heterocycles. The Morgan fingerprint density at radius 1 is 1.45 bits per heavy atom. The van der Waals surface area contributed by atoms with E-state index >= 15 is 0 Å². The number of carbonyl (C=O) groups excluding carboxylic acids is 1. The summed E-state index contributed by atoms with van der Waals surface area (Å²) in [4.78, 5) is 14.3. The number of aliphatic hydroxyl groups is 1. The Hall–Kier alpha value is -1.81. The normalized spacial score (nSPS) is 16.3. The van der Waals surface area contributed by atoms with Gasteiger partial charge in [-0.2, -0.15) is 0 Å². The van der Waals surface area contributed by atoms with Crippen LogP contribution in [0.3, 0.4) is 0 Å². The van der Waals surface area contributed by atoms with Crippen LogP contribution < -0.4 is 0 Å². The summed E-state index contributed by atoms with van der Waals surface area (Å²) in [6.45, 7) is 2.29. The number of rotatable bonds is 5. The number of para-hydroxylation sites is 1. The van der Waals surface area contributed by atoms with Crippen LogP contribution in [0.4, 0.5) is 0 Å². The van der Waals surface area contributed by atoms with Gasteiger partial charge in [0.2, 0.25) is 5.91 Å². The van der Waals surface area contributed by atoms with Crippen molar-refractivity contribution in [1.82, 2.24) is 4.90 Å². The van der Waals surface area contributed by atoms with E-state index in [4.69, 9.17) is 9.52 Å². The average Bonchev–Trinajstić information content (AvgIpc) is 3.21. The molecule has 4 heteroatoms. The van der Waals surface area contributed by atoms with Crippen molar-refractivity contribution in [3.63, 3.8) is 0 Å². The molecule has 106 valence electrons. The lowest BCUT2D eigenvalue weighted by Crippen LogP contribution is -2.38. The van der Waals surface area contributed by atoms with Gasteiger partial charge in [-0.15, -0.1) is 0 Å². The quantitative estimate of drug-likeness (QED) is 0.910. The van der Waals surface area contributed by atoms with Crippen LogP contribution in [0, 0.1) is 0 Å². The van der Waals surface area contributed by atoms with Crippen LogP contribution in [0.25, 0.3) is 11.0 Å². The average molecular weight is 273 g/mol. The lowest BCUT2D eigenvalue weighted by atomic mass is 10.1. The van der Waals surface area contributed by atoms with Crippen LogP contribution in [0.5, 0.6) is 0 Å². The maximum absolute atomic E-state index is 12.5. The largest absolute Gasteiger partial charge is 0.460 e. The number of benzene rings is 1. The highest BCUT2D eigenvalue weighted by Crippen LogP contribution is 2.31. The summed E-state index contributed by atoms with van der Waals surface area (Å²) in [5.74, 6) is 0.426. The lowest BCUT2D eigenvalue weighted by molar-refractivity contribution is -0.133. The fourth-order valence-electron chi connectivity index (χ4n) is 2.55. The van der Waals surface area contributed by atoms with E-state index in [9.17, 15) is 4.79 Å². The van der Waals surface area contributed by atoms with E-state index in [-0.39, 0.29) is 18.4 Å². The first-order chi connectivity index (χ1) is 9.70. The SMILES string of the molecule is CC(C(=O)N(CCO)C1CC1)c1cc2ccccc2o1. The molecule has 1 atom stereocenters. The number of carbonyl (C=O) groups is 1. The van der Waals surface area contributed by atoms with Crippen LogP contribution in [-0.2, 0) is 4.79 Å². The molecule has 1 unspecified atom stereocenters. The Labute approximate surface area is 118 Å². The maximum Gasteiger partial charge on any atom is 0.233 e. The van der Waals surface area contributed by atoms with Crippen LogP contribution in [0.15, 0.2) is 34.7 Å². The minimum atomic E-state index is -0.311. The molecule has 20 heavy (non-hydrogen) atoms. The van der Waals surface area contributed by atoms with Gasteiger partial charge in [0.15, 0.2) is 0 Å². The fourth-order valence-corrected chi connectivity index (χ4v) is 2.55. The van der Waals surface area contributed by atoms with E-state index in [1.54, 1.807) is 4.90 Å². The van der Waals surface area contributed by atoms with Gasteiger partial charge in [-0.05, 0) is 31.9 Å². The van der Waals surface area contributed by atoms with E-state index < -0.39 is 0 Å². The first kappa shape index (κ1) is 13.2. The van der Waals surface area contributed by atoms with Gasteiger partial charge in [0.05, 0.1) is 12.5 Å². The maximum atomic E-state index is 12.5. The number of fused-ring (bicyclic) bond motifs is 1. The van der Waals surface area contributed by atoms with E-state index in [1.807, 2.05) is 37.3 Å². The fraction of sp³-hybridized carbons (Fsp3) is 0.438. The van der Waals surface area contributed by atoms with Crippen molar-refractivity contribution < 1.29 is 14.3 Å². The minimum absolute atomic E-state index is 0.00902. The van der Waals surface area contributed by atoms with Crippen molar-refractivity contribution in [1.29, 1.82) is 0 Å². The van der Waals surface area contributed by atoms with Gasteiger partial charge in [0.25, 0.3) is 0 Å². The number of aliphatic hydroxyl groups excluding tert-OH is 1. The number of furan rings is 1. The predicted octanol–water partition coefficient (Wildman–Crippen LogP) is 2.52. The molecule has 0 spiro atoms. The summed E-state index contributed by atoms with van der Waals surface area (Å²) in [6.07, 6.45) is 2.08. The van der Waals surface area contributed by atoms with Crippen molar-refractivity contribution in [3.05, 3.63) is 36.1 Å². The second-order valence-corrected chi connectivity index (χ2v) is 5.39. The third kappa shape index (κ3) is 2.43. The van der Waals surface area contributed by atoms with Crippen molar-refractivity contribution in [3.8, 4) is 0 Å². The van der Waals surface area contributed by atoms with Gasteiger partial charge in [-0.3, -0.25) is 4.79 Å². The van der Waals surface area contributed by atoms with E-state index in [2.05, 4.69) is 0 Å². The molecular formula is C16H19NO3. The Morgan fingerprint density at radius 3 is 2.85 bits per heavy atom. The molecule has 0 radical (unpaired) electrons. The molecule has 4 nitrogen and oxygen atoms in total. The van der Waals surface area contributed by atoms with E-state index in [0.717, 1.165) is 23.8 Å². The lowest BCUT2D eigenvalue weighted by Gasteiger charge is -2.24. The first-order valence-corrected chi connectivity index (χ1v) is 7.10. The predicted molar refractivity (Wildman–Crippen MR) is 76.4 cm³/mol. The molecule has 0 bridgehead atoms. The Kier molecular flexibility index (Phi) is 3.49. The van der Waals surface area contributed by atoms with Crippen molar-refractivity contribution in [2.75, 3.05) is 13.2 Å².